The highest BCUT2D eigenvalue weighted by Gasteiger charge is 2.26. The number of primary amides is 1. The molecule has 0 aromatic heterocycles. The lowest BCUT2D eigenvalue weighted by molar-refractivity contribution is 0.0301. The van der Waals surface area contributed by atoms with Crippen molar-refractivity contribution >= 4 is 12.3 Å². The predicted octanol–water partition coefficient (Wildman–Crippen LogP) is 2.71. The Labute approximate surface area is 91.7 Å². The summed E-state index contributed by atoms with van der Waals surface area (Å²) < 4.78 is 4.99. The van der Waals surface area contributed by atoms with Crippen LogP contribution in [0.1, 0.15) is 47.0 Å². The zero-order valence-corrected chi connectivity index (χ0v) is 10.1. The number of ether oxygens (including phenoxy) is 1. The minimum Gasteiger partial charge on any atom is -0.444 e. The second-order valence-electron chi connectivity index (χ2n) is 5.25. The van der Waals surface area contributed by atoms with Gasteiger partial charge in [-0.05, 0) is 44.7 Å². The van der Waals surface area contributed by atoms with E-state index in [9.17, 15) is 4.79 Å². The lowest BCUT2D eigenvalue weighted by Gasteiger charge is -2.29. The molecule has 0 rings (SSSR count). The number of carbonyl (C=O) groups is 1. The Morgan fingerprint density at radius 3 is 2.27 bits per heavy atom. The van der Waals surface area contributed by atoms with Crippen LogP contribution in [-0.4, -0.2) is 17.9 Å². The van der Waals surface area contributed by atoms with Crippen molar-refractivity contribution < 1.29 is 9.53 Å². The molecule has 0 atom stereocenters. The van der Waals surface area contributed by atoms with Crippen molar-refractivity contribution in [3.8, 4) is 0 Å². The minimum absolute atomic E-state index is 0.0695. The summed E-state index contributed by atoms with van der Waals surface area (Å²) in [6, 6.07) is 0. The lowest BCUT2D eigenvalue weighted by atomic mass is 9.82. The minimum atomic E-state index is -0.732. The van der Waals surface area contributed by atoms with Crippen LogP contribution in [0.2, 0.25) is 0 Å². The molecule has 0 radical (unpaired) electrons. The molecule has 0 aromatic carbocycles. The molecule has 0 aliphatic rings. The molecule has 88 valence electrons. The Kier molecular flexibility index (Phi) is 4.78. The molecule has 0 fully saturated rings. The summed E-state index contributed by atoms with van der Waals surface area (Å²) >= 11 is 0. The normalized spacial score (nSPS) is 12.3. The Bertz CT molecular complexity index is 235. The van der Waals surface area contributed by atoms with E-state index in [0.29, 0.717) is 0 Å². The monoisotopic (exact) mass is 214 g/mol. The third-order valence-electron chi connectivity index (χ3n) is 2.44. The fourth-order valence-electron chi connectivity index (χ4n) is 1.34. The Morgan fingerprint density at radius 1 is 1.33 bits per heavy atom. The van der Waals surface area contributed by atoms with Crippen molar-refractivity contribution in [2.24, 2.45) is 11.1 Å². The van der Waals surface area contributed by atoms with E-state index in [4.69, 9.17) is 15.9 Å². The zero-order valence-electron chi connectivity index (χ0n) is 10.1. The number of rotatable bonds is 6. The van der Waals surface area contributed by atoms with Gasteiger partial charge in [0.05, 0.1) is 0 Å². The summed E-state index contributed by atoms with van der Waals surface area (Å²) in [4.78, 5) is 10.6. The van der Waals surface area contributed by atoms with Crippen LogP contribution < -0.4 is 5.73 Å². The first-order valence-electron chi connectivity index (χ1n) is 5.16. The molecular formula is C11H22N2O2. The lowest BCUT2D eigenvalue weighted by Crippen LogP contribution is -2.32. The smallest absolute Gasteiger partial charge is 0.405 e. The van der Waals surface area contributed by atoms with E-state index in [1.807, 2.05) is 13.8 Å². The van der Waals surface area contributed by atoms with Crippen LogP contribution in [0.4, 0.5) is 4.79 Å². The predicted molar refractivity (Wildman–Crippen MR) is 61.2 cm³/mol. The molecule has 0 unspecified atom stereocenters. The van der Waals surface area contributed by atoms with Crippen LogP contribution in [0.3, 0.4) is 0 Å². The summed E-state index contributed by atoms with van der Waals surface area (Å²) in [5.41, 5.74) is 4.53. The van der Waals surface area contributed by atoms with Gasteiger partial charge in [-0.25, -0.2) is 4.79 Å². The largest absolute Gasteiger partial charge is 0.444 e. The first-order valence-corrected chi connectivity index (χ1v) is 5.16. The van der Waals surface area contributed by atoms with E-state index in [2.05, 4.69) is 13.8 Å². The van der Waals surface area contributed by atoms with Gasteiger partial charge in [-0.2, -0.15) is 0 Å². The molecule has 0 heterocycles. The van der Waals surface area contributed by atoms with Crippen molar-refractivity contribution in [3.05, 3.63) is 0 Å². The number of amides is 1. The fraction of sp³-hybridized carbons (Fsp3) is 0.818. The van der Waals surface area contributed by atoms with Crippen LogP contribution in [0, 0.1) is 10.8 Å². The van der Waals surface area contributed by atoms with Crippen LogP contribution in [-0.2, 0) is 4.74 Å². The highest BCUT2D eigenvalue weighted by atomic mass is 16.6. The first kappa shape index (κ1) is 13.9. The van der Waals surface area contributed by atoms with Gasteiger partial charge in [-0.3, -0.25) is 0 Å². The van der Waals surface area contributed by atoms with E-state index < -0.39 is 11.7 Å². The maximum absolute atomic E-state index is 10.6. The number of nitrogens with one attached hydrogen (secondary N) is 1. The van der Waals surface area contributed by atoms with Crippen LogP contribution in [0.15, 0.2) is 0 Å². The second-order valence-corrected chi connectivity index (χ2v) is 5.25. The van der Waals surface area contributed by atoms with Crippen LogP contribution in [0.5, 0.6) is 0 Å². The standard InChI is InChI=1S/C11H22N2O2/c1-10(2,7-8-12)5-6-11(3,4)15-9(13)14/h8,12H,5-7H2,1-4H3,(H2,13,14). The van der Waals surface area contributed by atoms with Gasteiger partial charge in [-0.15, -0.1) is 0 Å². The number of hydrogen-bond acceptors (Lipinski definition) is 3. The maximum Gasteiger partial charge on any atom is 0.405 e. The maximum atomic E-state index is 10.6. The molecule has 1 amide bonds. The van der Waals surface area contributed by atoms with Gasteiger partial charge in [0.1, 0.15) is 5.60 Å². The molecule has 4 nitrogen and oxygen atoms in total. The quantitative estimate of drug-likeness (QED) is 0.667. The highest BCUT2D eigenvalue weighted by Crippen LogP contribution is 2.30. The zero-order chi connectivity index (χ0) is 12.1. The van der Waals surface area contributed by atoms with Gasteiger partial charge < -0.3 is 15.9 Å². The highest BCUT2D eigenvalue weighted by molar-refractivity contribution is 5.65. The van der Waals surface area contributed by atoms with Crippen LogP contribution in [0.25, 0.3) is 0 Å². The Morgan fingerprint density at radius 2 is 1.87 bits per heavy atom. The van der Waals surface area contributed by atoms with Gasteiger partial charge in [0.15, 0.2) is 0 Å². The average Bonchev–Trinajstić information content (AvgIpc) is 1.99. The van der Waals surface area contributed by atoms with Gasteiger partial charge in [0, 0.05) is 0 Å². The van der Waals surface area contributed by atoms with E-state index in [1.165, 1.54) is 6.21 Å². The van der Waals surface area contributed by atoms with E-state index in [1.54, 1.807) is 0 Å². The number of carbonyl (C=O) groups excluding carboxylic acids is 1. The molecule has 15 heavy (non-hydrogen) atoms. The molecular weight excluding hydrogens is 192 g/mol. The second kappa shape index (κ2) is 5.14. The molecule has 0 saturated heterocycles. The van der Waals surface area contributed by atoms with E-state index >= 15 is 0 Å². The molecule has 0 aromatic rings. The van der Waals surface area contributed by atoms with Gasteiger partial charge >= 0.3 is 6.09 Å². The van der Waals surface area contributed by atoms with Gasteiger partial charge in [0.25, 0.3) is 0 Å². The third kappa shape index (κ3) is 6.94. The molecule has 0 bridgehead atoms. The summed E-state index contributed by atoms with van der Waals surface area (Å²) in [5, 5.41) is 7.08. The molecule has 0 aliphatic heterocycles. The first-order chi connectivity index (χ1) is 6.68. The SMILES string of the molecule is CC(C)(CC=N)CCC(C)(C)OC(N)=O. The van der Waals surface area contributed by atoms with Gasteiger partial charge in [-0.1, -0.05) is 13.8 Å². The Balaban J connectivity index is 4.12. The molecule has 0 aliphatic carbocycles. The summed E-state index contributed by atoms with van der Waals surface area (Å²) in [5.74, 6) is 0. The average molecular weight is 214 g/mol. The molecule has 0 spiro atoms. The molecule has 3 N–H and O–H groups in total. The fourth-order valence-corrected chi connectivity index (χ4v) is 1.34. The Hall–Kier alpha value is -1.06. The van der Waals surface area contributed by atoms with Crippen LogP contribution >= 0.6 is 0 Å². The molecule has 0 saturated carbocycles. The third-order valence-corrected chi connectivity index (χ3v) is 2.44. The van der Waals surface area contributed by atoms with E-state index in [-0.39, 0.29) is 5.41 Å². The van der Waals surface area contributed by atoms with E-state index in [0.717, 1.165) is 19.3 Å². The summed E-state index contributed by atoms with van der Waals surface area (Å²) in [7, 11) is 0. The van der Waals surface area contributed by atoms with Gasteiger partial charge in [0.2, 0.25) is 0 Å². The van der Waals surface area contributed by atoms with Crippen molar-refractivity contribution in [2.45, 2.75) is 52.6 Å². The topological polar surface area (TPSA) is 76.2 Å². The summed E-state index contributed by atoms with van der Waals surface area (Å²) in [6.07, 6.45) is 3.06. The van der Waals surface area contributed by atoms with Crippen molar-refractivity contribution in [3.63, 3.8) is 0 Å². The van der Waals surface area contributed by atoms with Crippen molar-refractivity contribution in [1.29, 1.82) is 5.41 Å². The molecule has 4 heteroatoms. The van der Waals surface area contributed by atoms with Crippen molar-refractivity contribution in [2.75, 3.05) is 0 Å². The van der Waals surface area contributed by atoms with Crippen molar-refractivity contribution in [1.82, 2.24) is 0 Å². The summed E-state index contributed by atoms with van der Waals surface area (Å²) in [6.45, 7) is 7.88. The number of hydrogen-bond donors (Lipinski definition) is 2. The number of nitrogens with two attached hydrogens (primary N) is 1.